The SMILES string of the molecule is CN(C)CCN(C)Cc1ccc2cccc(Cl)c2n1. The molecule has 1 heterocycles. The topological polar surface area (TPSA) is 19.4 Å². The largest absolute Gasteiger partial charge is 0.308 e. The highest BCUT2D eigenvalue weighted by Crippen LogP contribution is 2.21. The molecule has 4 heteroatoms. The number of hydrogen-bond donors (Lipinski definition) is 0. The summed E-state index contributed by atoms with van der Waals surface area (Å²) in [6.45, 7) is 2.91. The Balaban J connectivity index is 2.11. The van der Waals surface area contributed by atoms with Gasteiger partial charge in [0.1, 0.15) is 0 Å². The van der Waals surface area contributed by atoms with Crippen molar-refractivity contribution < 1.29 is 0 Å². The Morgan fingerprint density at radius 3 is 2.58 bits per heavy atom. The number of benzene rings is 1. The molecule has 102 valence electrons. The highest BCUT2D eigenvalue weighted by atomic mass is 35.5. The van der Waals surface area contributed by atoms with E-state index in [9.17, 15) is 0 Å². The van der Waals surface area contributed by atoms with Gasteiger partial charge in [-0.3, -0.25) is 4.90 Å². The van der Waals surface area contributed by atoms with Gasteiger partial charge in [-0.2, -0.15) is 0 Å². The molecular formula is C15H20ClN3. The Morgan fingerprint density at radius 2 is 1.84 bits per heavy atom. The van der Waals surface area contributed by atoms with Crippen LogP contribution in [-0.4, -0.2) is 49.0 Å². The summed E-state index contributed by atoms with van der Waals surface area (Å²) in [7, 11) is 6.28. The first kappa shape index (κ1) is 14.3. The minimum absolute atomic E-state index is 0.718. The molecule has 0 aliphatic heterocycles. The summed E-state index contributed by atoms with van der Waals surface area (Å²) < 4.78 is 0. The Hall–Kier alpha value is -1.16. The molecule has 0 amide bonds. The summed E-state index contributed by atoms with van der Waals surface area (Å²) in [6.07, 6.45) is 0. The molecule has 0 aliphatic carbocycles. The van der Waals surface area contributed by atoms with E-state index in [1.807, 2.05) is 18.2 Å². The lowest BCUT2D eigenvalue weighted by molar-refractivity contribution is 0.274. The predicted octanol–water partition coefficient (Wildman–Crippen LogP) is 2.88. The van der Waals surface area contributed by atoms with Crippen LogP contribution in [0.5, 0.6) is 0 Å². The number of likely N-dealkylation sites (N-methyl/N-ethyl adjacent to an activating group) is 2. The van der Waals surface area contributed by atoms with E-state index in [0.29, 0.717) is 0 Å². The second-order valence-electron chi connectivity index (χ2n) is 5.16. The fourth-order valence-electron chi connectivity index (χ4n) is 1.97. The van der Waals surface area contributed by atoms with Crippen LogP contribution < -0.4 is 0 Å². The Kier molecular flexibility index (Phi) is 4.75. The van der Waals surface area contributed by atoms with Crippen molar-refractivity contribution in [3.8, 4) is 0 Å². The zero-order valence-electron chi connectivity index (χ0n) is 11.7. The monoisotopic (exact) mass is 277 g/mol. The molecule has 2 rings (SSSR count). The van der Waals surface area contributed by atoms with Crippen molar-refractivity contribution in [3.05, 3.63) is 41.0 Å². The maximum absolute atomic E-state index is 6.19. The van der Waals surface area contributed by atoms with Gasteiger partial charge in [-0.15, -0.1) is 0 Å². The van der Waals surface area contributed by atoms with E-state index in [2.05, 4.69) is 48.1 Å². The number of halogens is 1. The third kappa shape index (κ3) is 3.90. The number of hydrogen-bond acceptors (Lipinski definition) is 3. The van der Waals surface area contributed by atoms with Gasteiger partial charge in [0.15, 0.2) is 0 Å². The van der Waals surface area contributed by atoms with Gasteiger partial charge in [0, 0.05) is 25.0 Å². The van der Waals surface area contributed by atoms with E-state index < -0.39 is 0 Å². The van der Waals surface area contributed by atoms with Crippen LogP contribution >= 0.6 is 11.6 Å². The molecule has 0 bridgehead atoms. The summed E-state index contributed by atoms with van der Waals surface area (Å²) in [5.41, 5.74) is 1.95. The van der Waals surface area contributed by atoms with Crippen LogP contribution in [0.1, 0.15) is 5.69 Å². The van der Waals surface area contributed by atoms with Crippen molar-refractivity contribution in [2.45, 2.75) is 6.54 Å². The van der Waals surface area contributed by atoms with Crippen molar-refractivity contribution in [1.29, 1.82) is 0 Å². The second kappa shape index (κ2) is 6.33. The van der Waals surface area contributed by atoms with Crippen LogP contribution in [0.4, 0.5) is 0 Å². The van der Waals surface area contributed by atoms with Crippen LogP contribution in [0.2, 0.25) is 5.02 Å². The summed E-state index contributed by atoms with van der Waals surface area (Å²) in [6, 6.07) is 10.0. The van der Waals surface area contributed by atoms with Crippen LogP contribution in [0.3, 0.4) is 0 Å². The smallest absolute Gasteiger partial charge is 0.0891 e. The molecule has 0 N–H and O–H groups in total. The van der Waals surface area contributed by atoms with Gasteiger partial charge < -0.3 is 4.90 Å². The minimum Gasteiger partial charge on any atom is -0.308 e. The van der Waals surface area contributed by atoms with Gasteiger partial charge in [0.25, 0.3) is 0 Å². The molecule has 2 aromatic rings. The molecule has 0 fully saturated rings. The highest BCUT2D eigenvalue weighted by molar-refractivity contribution is 6.35. The number of aromatic nitrogens is 1. The first-order valence-electron chi connectivity index (χ1n) is 6.43. The summed E-state index contributed by atoms with van der Waals surface area (Å²) in [5.74, 6) is 0. The van der Waals surface area contributed by atoms with E-state index in [1.165, 1.54) is 0 Å². The normalized spacial score (nSPS) is 11.7. The quantitative estimate of drug-likeness (QED) is 0.838. The molecule has 0 saturated carbocycles. The summed E-state index contributed by atoms with van der Waals surface area (Å²) in [5, 5.41) is 1.81. The van der Waals surface area contributed by atoms with Gasteiger partial charge in [-0.25, -0.2) is 4.98 Å². The second-order valence-corrected chi connectivity index (χ2v) is 5.56. The Bertz CT molecular complexity index is 554. The lowest BCUT2D eigenvalue weighted by Gasteiger charge is -2.19. The summed E-state index contributed by atoms with van der Waals surface area (Å²) >= 11 is 6.19. The maximum atomic E-state index is 6.19. The van der Waals surface area contributed by atoms with E-state index in [1.54, 1.807) is 0 Å². The lowest BCUT2D eigenvalue weighted by atomic mass is 10.2. The molecule has 3 nitrogen and oxygen atoms in total. The van der Waals surface area contributed by atoms with Gasteiger partial charge >= 0.3 is 0 Å². The molecule has 1 aromatic carbocycles. The molecule has 0 radical (unpaired) electrons. The first-order valence-corrected chi connectivity index (χ1v) is 6.81. The first-order chi connectivity index (χ1) is 9.06. The van der Waals surface area contributed by atoms with Crippen molar-refractivity contribution in [1.82, 2.24) is 14.8 Å². The third-order valence-corrected chi connectivity index (χ3v) is 3.39. The van der Waals surface area contributed by atoms with E-state index in [0.717, 1.165) is 41.3 Å². The molecule has 0 spiro atoms. The highest BCUT2D eigenvalue weighted by Gasteiger charge is 2.05. The number of fused-ring (bicyclic) bond motifs is 1. The Labute approximate surface area is 119 Å². The standard InChI is InChI=1S/C15H20ClN3/c1-18(2)9-10-19(3)11-13-8-7-12-5-4-6-14(16)15(12)17-13/h4-8H,9-11H2,1-3H3. The van der Waals surface area contributed by atoms with Crippen molar-refractivity contribution in [2.24, 2.45) is 0 Å². The minimum atomic E-state index is 0.718. The van der Waals surface area contributed by atoms with Crippen LogP contribution in [-0.2, 0) is 6.54 Å². The number of nitrogens with zero attached hydrogens (tertiary/aromatic N) is 3. The molecule has 0 saturated heterocycles. The van der Waals surface area contributed by atoms with Gasteiger partial charge in [0.2, 0.25) is 0 Å². The van der Waals surface area contributed by atoms with E-state index in [-0.39, 0.29) is 0 Å². The molecular weight excluding hydrogens is 258 g/mol. The van der Waals surface area contributed by atoms with Crippen LogP contribution in [0, 0.1) is 0 Å². The number of pyridine rings is 1. The van der Waals surface area contributed by atoms with Gasteiger partial charge in [-0.05, 0) is 33.3 Å². The zero-order chi connectivity index (χ0) is 13.8. The lowest BCUT2D eigenvalue weighted by Crippen LogP contribution is -2.28. The van der Waals surface area contributed by atoms with Crippen molar-refractivity contribution in [2.75, 3.05) is 34.2 Å². The fourth-order valence-corrected chi connectivity index (χ4v) is 2.19. The third-order valence-electron chi connectivity index (χ3n) is 3.09. The van der Waals surface area contributed by atoms with Crippen LogP contribution in [0.25, 0.3) is 10.9 Å². The average Bonchev–Trinajstić information content (AvgIpc) is 2.37. The molecule has 0 unspecified atom stereocenters. The molecule has 19 heavy (non-hydrogen) atoms. The molecule has 1 aromatic heterocycles. The van der Waals surface area contributed by atoms with E-state index in [4.69, 9.17) is 11.6 Å². The fraction of sp³-hybridized carbons (Fsp3) is 0.400. The van der Waals surface area contributed by atoms with Crippen molar-refractivity contribution in [3.63, 3.8) is 0 Å². The molecule has 0 aliphatic rings. The van der Waals surface area contributed by atoms with Gasteiger partial charge in [-0.1, -0.05) is 29.8 Å². The Morgan fingerprint density at radius 1 is 1.05 bits per heavy atom. The average molecular weight is 278 g/mol. The number of rotatable bonds is 5. The summed E-state index contributed by atoms with van der Waals surface area (Å²) in [4.78, 5) is 9.11. The van der Waals surface area contributed by atoms with Crippen LogP contribution in [0.15, 0.2) is 30.3 Å². The van der Waals surface area contributed by atoms with Crippen molar-refractivity contribution >= 4 is 22.5 Å². The maximum Gasteiger partial charge on any atom is 0.0891 e. The molecule has 0 atom stereocenters. The zero-order valence-corrected chi connectivity index (χ0v) is 12.5. The van der Waals surface area contributed by atoms with Gasteiger partial charge in [0.05, 0.1) is 16.2 Å². The number of para-hydroxylation sites is 1. The van der Waals surface area contributed by atoms with E-state index >= 15 is 0 Å². The predicted molar refractivity (Wildman–Crippen MR) is 81.6 cm³/mol.